The molecule has 0 spiro atoms. The van der Waals surface area contributed by atoms with Gasteiger partial charge in [0.25, 0.3) is 5.91 Å². The molecule has 10 heteroatoms. The number of ether oxygens (including phenoxy) is 2. The summed E-state index contributed by atoms with van der Waals surface area (Å²) in [6, 6.07) is 10.8. The smallest absolute Gasteiger partial charge is 0.283 e. The summed E-state index contributed by atoms with van der Waals surface area (Å²) in [5.41, 5.74) is 1.55. The van der Waals surface area contributed by atoms with Crippen LogP contribution in [-0.4, -0.2) is 33.6 Å². The van der Waals surface area contributed by atoms with Crippen molar-refractivity contribution in [3.8, 4) is 11.5 Å². The molecule has 2 heterocycles. The third kappa shape index (κ3) is 5.56. The molecule has 5 rings (SSSR count). The van der Waals surface area contributed by atoms with Gasteiger partial charge in [-0.15, -0.1) is 0 Å². The van der Waals surface area contributed by atoms with Gasteiger partial charge in [-0.1, -0.05) is 60.7 Å². The molecule has 1 saturated carbocycles. The van der Waals surface area contributed by atoms with Crippen molar-refractivity contribution >= 4 is 63.0 Å². The number of fused-ring (bicyclic) bond motifs is 1. The van der Waals surface area contributed by atoms with Crippen LogP contribution in [0.15, 0.2) is 52.1 Å². The van der Waals surface area contributed by atoms with Crippen LogP contribution in [0.25, 0.3) is 6.08 Å². The van der Waals surface area contributed by atoms with Crippen LogP contribution in [0.4, 0.5) is 0 Å². The van der Waals surface area contributed by atoms with Crippen molar-refractivity contribution in [1.82, 2.24) is 5.01 Å². The fourth-order valence-corrected chi connectivity index (χ4v) is 6.05. The van der Waals surface area contributed by atoms with Crippen molar-refractivity contribution in [2.45, 2.75) is 45.6 Å². The highest BCUT2D eigenvalue weighted by Gasteiger charge is 2.38. The van der Waals surface area contributed by atoms with E-state index in [1.807, 2.05) is 25.1 Å². The average molecular weight is 558 g/mol. The Morgan fingerprint density at radius 2 is 1.92 bits per heavy atom. The first-order valence-electron chi connectivity index (χ1n) is 12.3. The fourth-order valence-electron chi connectivity index (χ4n) is 4.53. The van der Waals surface area contributed by atoms with Crippen molar-refractivity contribution < 1.29 is 14.3 Å². The number of hydrogen-bond donors (Lipinski definition) is 1. The molecule has 1 amide bonds. The number of hydrogen-bond acceptors (Lipinski definition) is 6. The topological polar surface area (TPSA) is 87.3 Å². The van der Waals surface area contributed by atoms with Gasteiger partial charge in [-0.2, -0.15) is 15.1 Å². The largest absolute Gasteiger partial charge is 0.490 e. The van der Waals surface area contributed by atoms with Crippen LogP contribution in [0.3, 0.4) is 0 Å². The van der Waals surface area contributed by atoms with Crippen molar-refractivity contribution in [3.63, 3.8) is 0 Å². The number of hydrazone groups is 1. The zero-order valence-corrected chi connectivity index (χ0v) is 22.6. The number of halogens is 2. The van der Waals surface area contributed by atoms with Crippen LogP contribution in [0.1, 0.15) is 50.2 Å². The zero-order valence-electron chi connectivity index (χ0n) is 20.3. The van der Waals surface area contributed by atoms with E-state index >= 15 is 0 Å². The Balaban J connectivity index is 1.40. The summed E-state index contributed by atoms with van der Waals surface area (Å²) in [7, 11) is 0. The number of carbonyl (C=O) groups excluding carboxylic acids is 1. The minimum Gasteiger partial charge on any atom is -0.490 e. The number of rotatable bonds is 7. The Hall–Kier alpha value is -2.81. The summed E-state index contributed by atoms with van der Waals surface area (Å²) in [6.07, 6.45) is 7.37. The molecule has 1 fully saturated rings. The van der Waals surface area contributed by atoms with Gasteiger partial charge in [-0.05, 0) is 61.4 Å². The maximum atomic E-state index is 12.9. The molecule has 0 radical (unpaired) electrons. The zero-order chi connectivity index (χ0) is 25.9. The minimum absolute atomic E-state index is 0.00133. The van der Waals surface area contributed by atoms with Gasteiger partial charge in [-0.3, -0.25) is 10.2 Å². The van der Waals surface area contributed by atoms with Crippen molar-refractivity contribution in [2.75, 3.05) is 6.61 Å². The highest BCUT2D eigenvalue weighted by Crippen LogP contribution is 2.39. The van der Waals surface area contributed by atoms with Gasteiger partial charge < -0.3 is 9.47 Å². The summed E-state index contributed by atoms with van der Waals surface area (Å²) >= 11 is 14.3. The van der Waals surface area contributed by atoms with Gasteiger partial charge in [0.15, 0.2) is 17.3 Å². The van der Waals surface area contributed by atoms with Gasteiger partial charge in [0, 0.05) is 16.5 Å². The van der Waals surface area contributed by atoms with E-state index in [9.17, 15) is 4.79 Å². The van der Waals surface area contributed by atoms with Gasteiger partial charge in [0.2, 0.25) is 5.17 Å². The summed E-state index contributed by atoms with van der Waals surface area (Å²) in [5, 5.41) is 17.1. The Kier molecular flexibility index (Phi) is 7.88. The molecule has 3 aliphatic rings. The quantitative estimate of drug-likeness (QED) is 0.365. The molecule has 2 aromatic carbocycles. The van der Waals surface area contributed by atoms with Crippen LogP contribution < -0.4 is 9.47 Å². The molecule has 0 aromatic heterocycles. The first-order chi connectivity index (χ1) is 17.9. The maximum absolute atomic E-state index is 12.9. The summed E-state index contributed by atoms with van der Waals surface area (Å²) in [5.74, 6) is 0.711. The molecule has 2 aliphatic heterocycles. The number of carbonyl (C=O) groups is 1. The summed E-state index contributed by atoms with van der Waals surface area (Å²) in [4.78, 5) is 17.1. The molecule has 0 unspecified atom stereocenters. The molecule has 1 aliphatic carbocycles. The SMILES string of the molecule is CCOc1cc(C=C2C(=N)N3N=C(C4CCCCC4)SC3=NC2=O)cc(Cl)c1OCc1ccccc1Cl. The number of aliphatic imine (C=N–C) groups is 1. The van der Waals surface area contributed by atoms with Crippen LogP contribution >= 0.6 is 35.0 Å². The molecule has 37 heavy (non-hydrogen) atoms. The Bertz CT molecular complexity index is 1330. The van der Waals surface area contributed by atoms with Gasteiger partial charge in [0.05, 0.1) is 17.2 Å². The number of thioether (sulfide) groups is 1. The maximum Gasteiger partial charge on any atom is 0.283 e. The molecular formula is C27H26Cl2N4O3S. The number of nitrogens with zero attached hydrogens (tertiary/aromatic N) is 3. The lowest BCUT2D eigenvalue weighted by Gasteiger charge is -2.20. The second-order valence-electron chi connectivity index (χ2n) is 8.94. The Labute approximate surface area is 230 Å². The average Bonchev–Trinajstić information content (AvgIpc) is 3.32. The van der Waals surface area contributed by atoms with Gasteiger partial charge in [0.1, 0.15) is 11.7 Å². The van der Waals surface area contributed by atoms with E-state index < -0.39 is 5.91 Å². The van der Waals surface area contributed by atoms with E-state index in [4.69, 9.17) is 38.1 Å². The molecule has 1 N–H and O–H groups in total. The molecule has 192 valence electrons. The molecule has 0 atom stereocenters. The van der Waals surface area contributed by atoms with Gasteiger partial charge >= 0.3 is 0 Å². The highest BCUT2D eigenvalue weighted by molar-refractivity contribution is 8.27. The first kappa shape index (κ1) is 25.8. The fraction of sp³-hybridized carbons (Fsp3) is 0.333. The monoisotopic (exact) mass is 556 g/mol. The second-order valence-corrected chi connectivity index (χ2v) is 10.7. The standard InChI is InChI=1S/C27H26Cl2N4O3S/c1-2-35-22-14-16(13-21(29)23(22)36-15-18-10-6-7-11-20(18)28)12-19-24(30)33-27(31-25(19)34)37-26(32-33)17-8-4-3-5-9-17/h6-7,10-14,17,30H,2-5,8-9,15H2,1H3. The third-order valence-corrected chi connectivity index (χ3v) is 8.12. The van der Waals surface area contributed by atoms with E-state index in [2.05, 4.69) is 10.1 Å². The van der Waals surface area contributed by atoms with E-state index in [1.54, 1.807) is 24.3 Å². The lowest BCUT2D eigenvalue weighted by Crippen LogP contribution is -2.35. The van der Waals surface area contributed by atoms with E-state index in [1.165, 1.54) is 36.0 Å². The van der Waals surface area contributed by atoms with Crippen molar-refractivity contribution in [2.24, 2.45) is 16.0 Å². The number of nitrogens with one attached hydrogen (secondary N) is 1. The molecule has 7 nitrogen and oxygen atoms in total. The summed E-state index contributed by atoms with van der Waals surface area (Å²) in [6.45, 7) is 2.47. The van der Waals surface area contributed by atoms with Crippen LogP contribution in [0.5, 0.6) is 11.5 Å². The predicted octanol–water partition coefficient (Wildman–Crippen LogP) is 7.17. The van der Waals surface area contributed by atoms with Crippen LogP contribution in [-0.2, 0) is 11.4 Å². The first-order valence-corrected chi connectivity index (χ1v) is 13.8. The van der Waals surface area contributed by atoms with E-state index in [-0.39, 0.29) is 18.0 Å². The molecule has 0 bridgehead atoms. The highest BCUT2D eigenvalue weighted by atomic mass is 35.5. The normalized spacial score (nSPS) is 19.1. The number of amidine groups is 2. The molecule has 0 saturated heterocycles. The Morgan fingerprint density at radius 1 is 1.14 bits per heavy atom. The van der Waals surface area contributed by atoms with Gasteiger partial charge in [-0.25, -0.2) is 0 Å². The third-order valence-electron chi connectivity index (χ3n) is 6.40. The number of amides is 1. The molecular weight excluding hydrogens is 531 g/mol. The van der Waals surface area contributed by atoms with Crippen molar-refractivity contribution in [1.29, 1.82) is 5.41 Å². The van der Waals surface area contributed by atoms with Crippen LogP contribution in [0.2, 0.25) is 10.0 Å². The summed E-state index contributed by atoms with van der Waals surface area (Å²) < 4.78 is 11.8. The molecule has 2 aromatic rings. The minimum atomic E-state index is -0.475. The lowest BCUT2D eigenvalue weighted by atomic mass is 9.90. The Morgan fingerprint density at radius 3 is 2.68 bits per heavy atom. The van der Waals surface area contributed by atoms with Crippen LogP contribution in [0, 0.1) is 11.3 Å². The van der Waals surface area contributed by atoms with E-state index in [0.717, 1.165) is 23.4 Å². The predicted molar refractivity (Wildman–Crippen MR) is 150 cm³/mol. The van der Waals surface area contributed by atoms with Crippen molar-refractivity contribution in [3.05, 3.63) is 63.1 Å². The number of benzene rings is 2. The van der Waals surface area contributed by atoms with E-state index in [0.29, 0.717) is 44.8 Å². The second kappa shape index (κ2) is 11.3. The lowest BCUT2D eigenvalue weighted by molar-refractivity contribution is -0.114.